The molecule has 3 heteroatoms. The van der Waals surface area contributed by atoms with Crippen LogP contribution in [0, 0.1) is 0 Å². The van der Waals surface area contributed by atoms with Crippen molar-refractivity contribution in [2.24, 2.45) is 0 Å². The molecule has 0 bridgehead atoms. The van der Waals surface area contributed by atoms with Gasteiger partial charge in [0.2, 0.25) is 0 Å². The molecule has 0 saturated carbocycles. The molecule has 0 aliphatic rings. The summed E-state index contributed by atoms with van der Waals surface area (Å²) in [6.45, 7) is 12.3. The van der Waals surface area contributed by atoms with Crippen molar-refractivity contribution in [3.63, 3.8) is 0 Å². The molecule has 0 heterocycles. The van der Waals surface area contributed by atoms with Crippen LogP contribution in [-0.2, 0) is 0 Å². The van der Waals surface area contributed by atoms with Crippen LogP contribution in [0.15, 0.2) is 23.1 Å². The summed E-state index contributed by atoms with van der Waals surface area (Å²) >= 11 is 1.67. The number of rotatable bonds is 3. The quantitative estimate of drug-likeness (QED) is 0.736. The average molecular weight is 268 g/mol. The summed E-state index contributed by atoms with van der Waals surface area (Å²) in [5.74, 6) is 1.80. The summed E-state index contributed by atoms with van der Waals surface area (Å²) in [7, 11) is 0. The van der Waals surface area contributed by atoms with E-state index in [1.165, 1.54) is 0 Å². The number of benzene rings is 1. The molecule has 18 heavy (non-hydrogen) atoms. The fraction of sp³-hybridized carbons (Fsp3) is 0.600. The van der Waals surface area contributed by atoms with Crippen LogP contribution in [-0.4, -0.2) is 17.5 Å². The molecule has 0 spiro atoms. The lowest BCUT2D eigenvalue weighted by molar-refractivity contribution is 0.121. The molecule has 0 aliphatic heterocycles. The lowest BCUT2D eigenvalue weighted by Gasteiger charge is -2.25. The Bertz CT molecular complexity index is 400. The SMILES string of the molecule is CSc1cc(OC(C)(C)C)ccc1OC(C)(C)C. The van der Waals surface area contributed by atoms with Crippen LogP contribution in [0.1, 0.15) is 41.5 Å². The van der Waals surface area contributed by atoms with Crippen molar-refractivity contribution in [3.8, 4) is 11.5 Å². The summed E-state index contributed by atoms with van der Waals surface area (Å²) < 4.78 is 11.8. The highest BCUT2D eigenvalue weighted by atomic mass is 32.2. The van der Waals surface area contributed by atoms with Crippen LogP contribution >= 0.6 is 11.8 Å². The van der Waals surface area contributed by atoms with Gasteiger partial charge in [-0.2, -0.15) is 0 Å². The highest BCUT2D eigenvalue weighted by Crippen LogP contribution is 2.34. The molecule has 0 N–H and O–H groups in total. The van der Waals surface area contributed by atoms with Crippen LogP contribution in [0.3, 0.4) is 0 Å². The zero-order valence-corrected chi connectivity index (χ0v) is 13.3. The number of ether oxygens (including phenoxy) is 2. The number of hydrogen-bond acceptors (Lipinski definition) is 3. The maximum atomic E-state index is 5.93. The van der Waals surface area contributed by atoms with Gasteiger partial charge in [0.15, 0.2) is 0 Å². The second-order valence-corrected chi connectivity index (χ2v) is 7.09. The number of thioether (sulfide) groups is 1. The first-order valence-electron chi connectivity index (χ1n) is 6.17. The van der Waals surface area contributed by atoms with E-state index in [4.69, 9.17) is 9.47 Å². The van der Waals surface area contributed by atoms with Crippen LogP contribution in [0.5, 0.6) is 11.5 Å². The van der Waals surface area contributed by atoms with Crippen molar-refractivity contribution in [1.29, 1.82) is 0 Å². The third kappa shape index (κ3) is 5.21. The van der Waals surface area contributed by atoms with Gasteiger partial charge in [0, 0.05) is 0 Å². The van der Waals surface area contributed by atoms with Crippen molar-refractivity contribution >= 4 is 11.8 Å². The van der Waals surface area contributed by atoms with Gasteiger partial charge in [-0.05, 0) is 66.0 Å². The molecule has 0 aromatic heterocycles. The van der Waals surface area contributed by atoms with Crippen molar-refractivity contribution in [2.75, 3.05) is 6.26 Å². The molecule has 0 unspecified atom stereocenters. The van der Waals surface area contributed by atoms with E-state index >= 15 is 0 Å². The molecule has 1 rings (SSSR count). The Morgan fingerprint density at radius 2 is 1.44 bits per heavy atom. The number of hydrogen-bond donors (Lipinski definition) is 0. The van der Waals surface area contributed by atoms with E-state index in [9.17, 15) is 0 Å². The molecule has 0 atom stereocenters. The summed E-state index contributed by atoms with van der Waals surface area (Å²) in [6.07, 6.45) is 2.05. The maximum Gasteiger partial charge on any atom is 0.133 e. The molecule has 0 aliphatic carbocycles. The molecule has 0 saturated heterocycles. The van der Waals surface area contributed by atoms with Crippen molar-refractivity contribution in [2.45, 2.75) is 57.6 Å². The van der Waals surface area contributed by atoms with Crippen molar-refractivity contribution < 1.29 is 9.47 Å². The molecular formula is C15H24O2S. The van der Waals surface area contributed by atoms with E-state index in [1.54, 1.807) is 11.8 Å². The molecule has 1 aromatic carbocycles. The Kier molecular flexibility index (Phi) is 4.60. The molecule has 102 valence electrons. The second kappa shape index (κ2) is 5.43. The first kappa shape index (κ1) is 15.2. The van der Waals surface area contributed by atoms with Crippen LogP contribution in [0.2, 0.25) is 0 Å². The smallest absolute Gasteiger partial charge is 0.133 e. The van der Waals surface area contributed by atoms with Gasteiger partial charge in [0.1, 0.15) is 22.7 Å². The first-order chi connectivity index (χ1) is 8.11. The molecule has 0 amide bonds. The normalized spacial score (nSPS) is 12.4. The Morgan fingerprint density at radius 3 is 1.89 bits per heavy atom. The fourth-order valence-electron chi connectivity index (χ4n) is 1.48. The highest BCUT2D eigenvalue weighted by Gasteiger charge is 2.17. The van der Waals surface area contributed by atoms with E-state index in [0.717, 1.165) is 16.4 Å². The topological polar surface area (TPSA) is 18.5 Å². The minimum atomic E-state index is -0.184. The van der Waals surface area contributed by atoms with Gasteiger partial charge in [0.25, 0.3) is 0 Å². The predicted octanol–water partition coefficient (Wildman–Crippen LogP) is 4.76. The molecule has 0 radical (unpaired) electrons. The van der Waals surface area contributed by atoms with E-state index in [-0.39, 0.29) is 11.2 Å². The standard InChI is InChI=1S/C15H24O2S/c1-14(2,3)16-11-8-9-12(13(10-11)18-7)17-15(4,5)6/h8-10H,1-7H3. The van der Waals surface area contributed by atoms with Crippen molar-refractivity contribution in [3.05, 3.63) is 18.2 Å². The maximum absolute atomic E-state index is 5.93. The fourth-order valence-corrected chi connectivity index (χ4v) is 2.02. The molecule has 0 fully saturated rings. The highest BCUT2D eigenvalue weighted by molar-refractivity contribution is 7.98. The largest absolute Gasteiger partial charge is 0.488 e. The lowest BCUT2D eigenvalue weighted by atomic mass is 10.2. The van der Waals surface area contributed by atoms with Gasteiger partial charge in [-0.1, -0.05) is 0 Å². The lowest BCUT2D eigenvalue weighted by Crippen LogP contribution is -2.24. The van der Waals surface area contributed by atoms with Gasteiger partial charge >= 0.3 is 0 Å². The van der Waals surface area contributed by atoms with E-state index in [2.05, 4.69) is 20.8 Å². The van der Waals surface area contributed by atoms with Gasteiger partial charge in [-0.25, -0.2) is 0 Å². The summed E-state index contributed by atoms with van der Waals surface area (Å²) in [5, 5.41) is 0. The van der Waals surface area contributed by atoms with Crippen LogP contribution in [0.25, 0.3) is 0 Å². The molecular weight excluding hydrogens is 244 g/mol. The predicted molar refractivity (Wildman–Crippen MR) is 79.0 cm³/mol. The van der Waals surface area contributed by atoms with Gasteiger partial charge in [0.05, 0.1) is 4.90 Å². The Labute approximate surface area is 115 Å². The van der Waals surface area contributed by atoms with E-state index in [1.807, 2.05) is 45.2 Å². The molecule has 1 aromatic rings. The Morgan fingerprint density at radius 1 is 0.889 bits per heavy atom. The minimum Gasteiger partial charge on any atom is -0.488 e. The summed E-state index contributed by atoms with van der Waals surface area (Å²) in [5.41, 5.74) is -0.362. The third-order valence-electron chi connectivity index (χ3n) is 1.98. The summed E-state index contributed by atoms with van der Waals surface area (Å²) in [4.78, 5) is 1.10. The zero-order chi connectivity index (χ0) is 14.0. The van der Waals surface area contributed by atoms with Gasteiger partial charge in [-0.3, -0.25) is 0 Å². The van der Waals surface area contributed by atoms with Gasteiger partial charge in [-0.15, -0.1) is 11.8 Å². The average Bonchev–Trinajstić information content (AvgIpc) is 2.16. The van der Waals surface area contributed by atoms with Crippen molar-refractivity contribution in [1.82, 2.24) is 0 Å². The van der Waals surface area contributed by atoms with E-state index < -0.39 is 0 Å². The Hall–Kier alpha value is -0.830. The zero-order valence-electron chi connectivity index (χ0n) is 12.5. The third-order valence-corrected chi connectivity index (χ3v) is 2.73. The summed E-state index contributed by atoms with van der Waals surface area (Å²) in [6, 6.07) is 5.99. The van der Waals surface area contributed by atoms with Crippen LogP contribution < -0.4 is 9.47 Å². The molecule has 2 nitrogen and oxygen atoms in total. The Balaban J connectivity index is 2.97. The monoisotopic (exact) mass is 268 g/mol. The minimum absolute atomic E-state index is 0.178. The van der Waals surface area contributed by atoms with Gasteiger partial charge < -0.3 is 9.47 Å². The second-order valence-electron chi connectivity index (χ2n) is 6.24. The first-order valence-corrected chi connectivity index (χ1v) is 7.39. The van der Waals surface area contributed by atoms with E-state index in [0.29, 0.717) is 0 Å². The van der Waals surface area contributed by atoms with Crippen LogP contribution in [0.4, 0.5) is 0 Å².